The lowest BCUT2D eigenvalue weighted by Gasteiger charge is -2.27. The Kier molecular flexibility index (Phi) is 26.0. The molecule has 0 spiro atoms. The van der Waals surface area contributed by atoms with Crippen molar-refractivity contribution in [2.75, 3.05) is 80.4 Å². The molecular weight excluding hydrogens is 1160 g/mol. The summed E-state index contributed by atoms with van der Waals surface area (Å²) in [5, 5.41) is 23.0. The van der Waals surface area contributed by atoms with Crippen LogP contribution in [0.15, 0.2) is 275 Å². The molecule has 0 bridgehead atoms. The van der Waals surface area contributed by atoms with Gasteiger partial charge in [0, 0.05) is 114 Å². The summed E-state index contributed by atoms with van der Waals surface area (Å²) in [5.41, 5.74) is 16.9. The van der Waals surface area contributed by atoms with E-state index in [1.807, 2.05) is 60.7 Å². The van der Waals surface area contributed by atoms with Crippen molar-refractivity contribution in [2.45, 2.75) is 92.9 Å². The van der Waals surface area contributed by atoms with Crippen LogP contribution in [-0.2, 0) is 9.47 Å². The third kappa shape index (κ3) is 18.4. The van der Waals surface area contributed by atoms with Gasteiger partial charge in [0.1, 0.15) is 13.1 Å². The van der Waals surface area contributed by atoms with Crippen molar-refractivity contribution in [3.8, 4) is 0 Å². The number of hydrogen-bond acceptors (Lipinski definition) is 9. The second-order valence-corrected chi connectivity index (χ2v) is 24.0. The third-order valence-corrected chi connectivity index (χ3v) is 17.4. The number of ether oxygens (including phenoxy) is 2. The Morgan fingerprint density at radius 1 is 0.400 bits per heavy atom. The lowest BCUT2D eigenvalue weighted by atomic mass is 9.94. The van der Waals surface area contributed by atoms with Gasteiger partial charge in [0.05, 0.1) is 36.0 Å². The second kappa shape index (κ2) is 36.2. The summed E-state index contributed by atoms with van der Waals surface area (Å²) in [5.74, 6) is 0. The molecule has 0 N–H and O–H groups in total. The first-order valence-corrected chi connectivity index (χ1v) is 34.8. The van der Waals surface area contributed by atoms with Crippen LogP contribution in [0.3, 0.4) is 0 Å². The van der Waals surface area contributed by atoms with Gasteiger partial charge in [-0.05, 0) is 157 Å². The summed E-state index contributed by atoms with van der Waals surface area (Å²) in [7, 11) is 0. The van der Waals surface area contributed by atoms with Gasteiger partial charge in [-0.25, -0.2) is 4.58 Å². The van der Waals surface area contributed by atoms with Gasteiger partial charge in [-0.3, -0.25) is 0 Å². The van der Waals surface area contributed by atoms with E-state index >= 15 is 0 Å². The topological polar surface area (TPSA) is 80.6 Å². The molecule has 9 aromatic rings. The fourth-order valence-corrected chi connectivity index (χ4v) is 12.2. The molecule has 0 saturated heterocycles. The summed E-state index contributed by atoms with van der Waals surface area (Å²) >= 11 is 0. The van der Waals surface area contributed by atoms with E-state index in [0.29, 0.717) is 39.5 Å². The molecule has 0 amide bonds. The smallest absolute Gasteiger partial charge is 0.199 e. The average molecular weight is 1260 g/mol. The number of nitrogens with zero attached hydrogens (tertiary/aromatic N) is 8. The van der Waals surface area contributed by atoms with Crippen LogP contribution in [0.5, 0.6) is 0 Å². The highest BCUT2D eigenvalue weighted by Crippen LogP contribution is 2.41. The molecule has 9 aromatic carbocycles. The summed E-state index contributed by atoms with van der Waals surface area (Å²) in [6, 6.07) is 72.8. The number of anilines is 5. The van der Waals surface area contributed by atoms with Crippen LogP contribution >= 0.6 is 0 Å². The Bertz CT molecular complexity index is 4110. The van der Waals surface area contributed by atoms with E-state index < -0.39 is 0 Å². The van der Waals surface area contributed by atoms with Crippen LogP contribution < -0.4 is 14.7 Å². The molecular formula is C85H95N8O2+. The molecule has 0 saturated carbocycles. The lowest BCUT2D eigenvalue weighted by Crippen LogP contribution is -2.25. The number of azo groups is 2. The fraction of sp³-hybridized carbons (Fsp3) is 0.282. The van der Waals surface area contributed by atoms with Gasteiger partial charge in [0.15, 0.2) is 5.71 Å². The highest BCUT2D eigenvalue weighted by atomic mass is 16.5. The van der Waals surface area contributed by atoms with Crippen LogP contribution in [0.25, 0.3) is 32.7 Å². The SMILES string of the molecule is CCCCN(CCCC)c1ccc(/C(=C\C=C\C(=C2C=CC(=[N+](CCCC)CCCC)C=C2)c2ccc(N(CCOCC)c3ccc(N=Nc4ccccc4)c4ccccc34)cc2)c2ccc(N(CCOCC)c3ccc(N=Nc4ccccc4)c4ccccc34)cc2)cc1. The molecule has 0 atom stereocenters. The minimum Gasteiger partial charge on any atom is -0.380 e. The molecule has 10 heteroatoms. The van der Waals surface area contributed by atoms with Crippen molar-refractivity contribution in [3.63, 3.8) is 0 Å². The highest BCUT2D eigenvalue weighted by molar-refractivity contribution is 6.05. The van der Waals surface area contributed by atoms with E-state index in [0.717, 1.165) is 178 Å². The Hall–Kier alpha value is -9.61. The zero-order chi connectivity index (χ0) is 65.8. The van der Waals surface area contributed by atoms with Crippen molar-refractivity contribution in [1.82, 2.24) is 0 Å². The molecule has 0 fully saturated rings. The van der Waals surface area contributed by atoms with Crippen LogP contribution in [0.2, 0.25) is 0 Å². The molecule has 0 heterocycles. The summed E-state index contributed by atoms with van der Waals surface area (Å²) in [6.45, 7) is 21.2. The predicted octanol–water partition coefficient (Wildman–Crippen LogP) is 23.2. The zero-order valence-corrected chi connectivity index (χ0v) is 56.8. The van der Waals surface area contributed by atoms with E-state index in [4.69, 9.17) is 19.7 Å². The number of unbranched alkanes of at least 4 members (excludes halogenated alkanes) is 4. The monoisotopic (exact) mass is 1260 g/mol. The Morgan fingerprint density at radius 2 is 0.821 bits per heavy atom. The van der Waals surface area contributed by atoms with E-state index in [1.54, 1.807) is 0 Å². The maximum atomic E-state index is 6.07. The maximum Gasteiger partial charge on any atom is 0.199 e. The van der Waals surface area contributed by atoms with Gasteiger partial charge in [-0.2, -0.15) is 10.2 Å². The summed E-state index contributed by atoms with van der Waals surface area (Å²) < 4.78 is 14.7. The number of fused-ring (bicyclic) bond motifs is 2. The Labute approximate surface area is 565 Å². The third-order valence-electron chi connectivity index (χ3n) is 17.4. The van der Waals surface area contributed by atoms with Gasteiger partial charge >= 0.3 is 0 Å². The van der Waals surface area contributed by atoms with Crippen LogP contribution in [-0.4, -0.2) is 76.0 Å². The molecule has 1 aliphatic rings. The largest absolute Gasteiger partial charge is 0.380 e. The van der Waals surface area contributed by atoms with Crippen LogP contribution in [0.4, 0.5) is 51.2 Å². The van der Waals surface area contributed by atoms with Gasteiger partial charge in [0.25, 0.3) is 0 Å². The van der Waals surface area contributed by atoms with Crippen molar-refractivity contribution < 1.29 is 14.0 Å². The molecule has 0 radical (unpaired) electrons. The molecule has 95 heavy (non-hydrogen) atoms. The Morgan fingerprint density at radius 3 is 1.26 bits per heavy atom. The van der Waals surface area contributed by atoms with Crippen LogP contribution in [0.1, 0.15) is 110 Å². The van der Waals surface area contributed by atoms with Gasteiger partial charge in [-0.15, -0.1) is 10.2 Å². The molecule has 0 aliphatic heterocycles. The molecule has 0 unspecified atom stereocenters. The molecule has 10 nitrogen and oxygen atoms in total. The first kappa shape index (κ1) is 68.3. The molecule has 1 aliphatic carbocycles. The van der Waals surface area contributed by atoms with Crippen LogP contribution in [0, 0.1) is 0 Å². The number of hydrogen-bond donors (Lipinski definition) is 0. The quantitative estimate of drug-likeness (QED) is 0.0174. The van der Waals surface area contributed by atoms with Crippen molar-refractivity contribution >= 4 is 89.6 Å². The zero-order valence-electron chi connectivity index (χ0n) is 56.8. The number of rotatable bonds is 34. The first-order chi connectivity index (χ1) is 46.9. The molecule has 486 valence electrons. The molecule has 10 rings (SSSR count). The normalized spacial score (nSPS) is 12.5. The number of benzene rings is 9. The fourth-order valence-electron chi connectivity index (χ4n) is 12.2. The van der Waals surface area contributed by atoms with Crippen molar-refractivity contribution in [1.29, 1.82) is 0 Å². The Balaban J connectivity index is 1.06. The summed E-state index contributed by atoms with van der Waals surface area (Å²) in [4.78, 5) is 7.32. The average Bonchev–Trinajstić information content (AvgIpc) is 0.858. The van der Waals surface area contributed by atoms with Gasteiger partial charge in [-0.1, -0.05) is 193 Å². The van der Waals surface area contributed by atoms with E-state index in [-0.39, 0.29) is 0 Å². The minimum atomic E-state index is 0.569. The lowest BCUT2D eigenvalue weighted by molar-refractivity contribution is -0.527. The second-order valence-electron chi connectivity index (χ2n) is 24.0. The standard InChI is InChI=1S/C85H95N8O2/c1-7-13-58-90(59-14-8-2)72-46-38-66(39-47-72)76(68-42-50-74(51-43-68)92(62-64-94-11-5)84-56-54-82(78-32-23-25-34-80(78)84)88-86-70-28-19-17-20-29-70)36-27-37-77(67-40-48-73(49-41-67)91(60-15-9-3)61-16-10-4)69-44-52-75(53-45-69)93(63-65-95-12-6)85-57-55-83(79-33-24-26-35-81(79)85)89-87-71-30-21-18-22-31-71/h17-57H,7-16,58-65H2,1-6H3/q+1. The maximum absolute atomic E-state index is 6.07. The van der Waals surface area contributed by atoms with E-state index in [2.05, 4.69) is 259 Å². The minimum absolute atomic E-state index is 0.569. The first-order valence-electron chi connectivity index (χ1n) is 34.8. The predicted molar refractivity (Wildman–Crippen MR) is 404 cm³/mol. The van der Waals surface area contributed by atoms with Crippen molar-refractivity contribution in [3.05, 3.63) is 271 Å². The molecule has 0 aromatic heterocycles. The van der Waals surface area contributed by atoms with Gasteiger partial charge < -0.3 is 24.2 Å². The summed E-state index contributed by atoms with van der Waals surface area (Å²) in [6.07, 6.45) is 25.5. The van der Waals surface area contributed by atoms with E-state index in [9.17, 15) is 0 Å². The van der Waals surface area contributed by atoms with Gasteiger partial charge in [0.2, 0.25) is 0 Å². The van der Waals surface area contributed by atoms with E-state index in [1.165, 1.54) is 11.4 Å². The van der Waals surface area contributed by atoms with Crippen molar-refractivity contribution in [2.24, 2.45) is 20.5 Å². The highest BCUT2D eigenvalue weighted by Gasteiger charge is 2.20. The number of allylic oxidation sites excluding steroid dienone is 9.